The number of carbonyl (C=O) groups excluding carboxylic acids is 1. The molecule has 0 aliphatic carbocycles. The van der Waals surface area contributed by atoms with Gasteiger partial charge < -0.3 is 5.32 Å². The van der Waals surface area contributed by atoms with Crippen molar-refractivity contribution in [2.45, 2.75) is 11.7 Å². The first-order valence-electron chi connectivity index (χ1n) is 8.49. The van der Waals surface area contributed by atoms with E-state index in [1.54, 1.807) is 11.8 Å². The van der Waals surface area contributed by atoms with Crippen molar-refractivity contribution in [3.8, 4) is 0 Å². The number of rotatable bonds is 7. The molecule has 0 aromatic heterocycles. The van der Waals surface area contributed by atoms with Crippen molar-refractivity contribution in [3.05, 3.63) is 101 Å². The molecule has 0 saturated heterocycles. The average Bonchev–Trinajstić information content (AvgIpc) is 2.68. The SMILES string of the molecule is O=C(CCS[C@H](c1ccccc1)c1ccc(Cl)cc1)Nc1ccccc1. The van der Waals surface area contributed by atoms with Gasteiger partial charge in [0.1, 0.15) is 0 Å². The van der Waals surface area contributed by atoms with Crippen LogP contribution in [0, 0.1) is 0 Å². The zero-order valence-corrected chi connectivity index (χ0v) is 15.8. The van der Waals surface area contributed by atoms with Gasteiger partial charge in [0.05, 0.1) is 5.25 Å². The van der Waals surface area contributed by atoms with Gasteiger partial charge in [-0.1, -0.05) is 72.3 Å². The van der Waals surface area contributed by atoms with Crippen LogP contribution in [0.3, 0.4) is 0 Å². The van der Waals surface area contributed by atoms with E-state index in [2.05, 4.69) is 29.6 Å². The van der Waals surface area contributed by atoms with E-state index < -0.39 is 0 Å². The third-order valence-electron chi connectivity index (χ3n) is 3.95. The molecule has 0 unspecified atom stereocenters. The van der Waals surface area contributed by atoms with Crippen LogP contribution in [0.1, 0.15) is 22.8 Å². The first-order chi connectivity index (χ1) is 12.7. The maximum Gasteiger partial charge on any atom is 0.225 e. The van der Waals surface area contributed by atoms with Gasteiger partial charge in [-0.3, -0.25) is 4.79 Å². The second-order valence-corrected chi connectivity index (χ2v) is 7.53. The number of anilines is 1. The number of para-hydroxylation sites is 1. The summed E-state index contributed by atoms with van der Waals surface area (Å²) in [5.74, 6) is 0.771. The predicted molar refractivity (Wildman–Crippen MR) is 112 cm³/mol. The molecule has 0 radical (unpaired) electrons. The number of nitrogens with one attached hydrogen (secondary N) is 1. The Morgan fingerprint density at radius 3 is 2.08 bits per heavy atom. The number of carbonyl (C=O) groups is 1. The van der Waals surface area contributed by atoms with E-state index in [0.717, 1.165) is 16.5 Å². The molecule has 3 aromatic rings. The van der Waals surface area contributed by atoms with Crippen LogP contribution in [0.15, 0.2) is 84.9 Å². The molecule has 0 bridgehead atoms. The summed E-state index contributed by atoms with van der Waals surface area (Å²) in [6.45, 7) is 0. The van der Waals surface area contributed by atoms with E-state index in [-0.39, 0.29) is 11.2 Å². The Morgan fingerprint density at radius 1 is 0.846 bits per heavy atom. The van der Waals surface area contributed by atoms with Gasteiger partial charge in [-0.2, -0.15) is 0 Å². The molecule has 1 atom stereocenters. The summed E-state index contributed by atoms with van der Waals surface area (Å²) < 4.78 is 0. The van der Waals surface area contributed by atoms with Crippen LogP contribution in [0.25, 0.3) is 0 Å². The highest BCUT2D eigenvalue weighted by molar-refractivity contribution is 7.99. The minimum atomic E-state index is 0.0339. The summed E-state index contributed by atoms with van der Waals surface area (Å²) in [5.41, 5.74) is 3.25. The molecule has 4 heteroatoms. The first-order valence-corrected chi connectivity index (χ1v) is 9.92. The smallest absolute Gasteiger partial charge is 0.225 e. The van der Waals surface area contributed by atoms with Crippen LogP contribution in [0.2, 0.25) is 5.02 Å². The maximum atomic E-state index is 12.2. The molecule has 3 rings (SSSR count). The van der Waals surface area contributed by atoms with Crippen molar-refractivity contribution >= 4 is 35.0 Å². The highest BCUT2D eigenvalue weighted by Gasteiger charge is 2.15. The average molecular weight is 382 g/mol. The summed E-state index contributed by atoms with van der Waals surface area (Å²) in [5, 5.41) is 3.84. The topological polar surface area (TPSA) is 29.1 Å². The van der Waals surface area contributed by atoms with Crippen LogP contribution >= 0.6 is 23.4 Å². The van der Waals surface area contributed by atoms with Gasteiger partial charge in [0.25, 0.3) is 0 Å². The Labute approximate surface area is 163 Å². The maximum absolute atomic E-state index is 12.2. The van der Waals surface area contributed by atoms with Gasteiger partial charge in [0, 0.05) is 22.9 Å². The number of amides is 1. The van der Waals surface area contributed by atoms with Gasteiger partial charge in [-0.05, 0) is 35.4 Å². The fourth-order valence-corrected chi connectivity index (χ4v) is 4.03. The third kappa shape index (κ3) is 5.38. The summed E-state index contributed by atoms with van der Waals surface area (Å²) >= 11 is 7.79. The number of halogens is 1. The highest BCUT2D eigenvalue weighted by Crippen LogP contribution is 2.36. The molecule has 2 nitrogen and oxygen atoms in total. The van der Waals surface area contributed by atoms with Crippen molar-refractivity contribution in [2.24, 2.45) is 0 Å². The van der Waals surface area contributed by atoms with Gasteiger partial charge in [0.15, 0.2) is 0 Å². The normalized spacial score (nSPS) is 11.7. The van der Waals surface area contributed by atoms with E-state index in [0.29, 0.717) is 6.42 Å². The predicted octanol–water partition coefficient (Wildman–Crippen LogP) is 6.19. The summed E-state index contributed by atoms with van der Waals surface area (Å²) in [6.07, 6.45) is 0.469. The lowest BCUT2D eigenvalue weighted by Crippen LogP contribution is -2.12. The molecule has 0 heterocycles. The zero-order valence-electron chi connectivity index (χ0n) is 14.3. The summed E-state index contributed by atoms with van der Waals surface area (Å²) in [7, 11) is 0. The zero-order chi connectivity index (χ0) is 18.2. The fourth-order valence-electron chi connectivity index (χ4n) is 2.66. The quantitative estimate of drug-likeness (QED) is 0.528. The number of benzene rings is 3. The van der Waals surface area contributed by atoms with Gasteiger partial charge >= 0.3 is 0 Å². The van der Waals surface area contributed by atoms with Crippen molar-refractivity contribution in [3.63, 3.8) is 0 Å². The molecule has 26 heavy (non-hydrogen) atoms. The fraction of sp³-hybridized carbons (Fsp3) is 0.136. The Kier molecular flexibility index (Phi) is 6.75. The van der Waals surface area contributed by atoms with Crippen LogP contribution < -0.4 is 5.32 Å². The number of hydrogen-bond donors (Lipinski definition) is 1. The van der Waals surface area contributed by atoms with E-state index >= 15 is 0 Å². The monoisotopic (exact) mass is 381 g/mol. The lowest BCUT2D eigenvalue weighted by Gasteiger charge is -2.18. The lowest BCUT2D eigenvalue weighted by molar-refractivity contribution is -0.115. The highest BCUT2D eigenvalue weighted by atomic mass is 35.5. The molecule has 0 aliphatic rings. The summed E-state index contributed by atoms with van der Waals surface area (Å²) in [4.78, 5) is 12.2. The largest absolute Gasteiger partial charge is 0.326 e. The van der Waals surface area contributed by atoms with E-state index in [1.807, 2.05) is 60.7 Å². The van der Waals surface area contributed by atoms with Gasteiger partial charge in [-0.15, -0.1) is 11.8 Å². The molecule has 0 aliphatic heterocycles. The molecule has 0 saturated carbocycles. The van der Waals surface area contributed by atoms with Crippen molar-refractivity contribution in [2.75, 3.05) is 11.1 Å². The van der Waals surface area contributed by atoms with Crippen LogP contribution in [0.4, 0.5) is 5.69 Å². The standard InChI is InChI=1S/C22H20ClNOS/c23-19-13-11-18(12-14-19)22(17-7-3-1-4-8-17)26-16-15-21(25)24-20-9-5-2-6-10-20/h1-14,22H,15-16H2,(H,24,25)/t22-/m1/s1. The number of thioether (sulfide) groups is 1. The Balaban J connectivity index is 1.63. The van der Waals surface area contributed by atoms with Crippen LogP contribution in [-0.4, -0.2) is 11.7 Å². The molecule has 3 aromatic carbocycles. The Morgan fingerprint density at radius 2 is 1.42 bits per heavy atom. The first kappa shape index (κ1) is 18.6. The molecule has 1 amide bonds. The van der Waals surface area contributed by atoms with E-state index in [9.17, 15) is 4.79 Å². The summed E-state index contributed by atoms with van der Waals surface area (Å²) in [6, 6.07) is 27.8. The van der Waals surface area contributed by atoms with Crippen molar-refractivity contribution in [1.82, 2.24) is 0 Å². The molecule has 132 valence electrons. The van der Waals surface area contributed by atoms with Gasteiger partial charge in [-0.25, -0.2) is 0 Å². The van der Waals surface area contributed by atoms with Gasteiger partial charge in [0.2, 0.25) is 5.91 Å². The second-order valence-electron chi connectivity index (χ2n) is 5.88. The number of hydrogen-bond acceptors (Lipinski definition) is 2. The second kappa shape index (κ2) is 9.46. The van der Waals surface area contributed by atoms with E-state index in [4.69, 9.17) is 11.6 Å². The third-order valence-corrected chi connectivity index (χ3v) is 5.52. The Hall–Kier alpha value is -2.23. The van der Waals surface area contributed by atoms with Crippen molar-refractivity contribution < 1.29 is 4.79 Å². The molecule has 0 spiro atoms. The Bertz CT molecular complexity index is 822. The molecule has 1 N–H and O–H groups in total. The van der Waals surface area contributed by atoms with Crippen molar-refractivity contribution in [1.29, 1.82) is 0 Å². The molecule has 0 fully saturated rings. The van der Waals surface area contributed by atoms with E-state index in [1.165, 1.54) is 11.1 Å². The molecular weight excluding hydrogens is 362 g/mol. The van der Waals surface area contributed by atoms with Crippen LogP contribution in [-0.2, 0) is 4.79 Å². The lowest BCUT2D eigenvalue weighted by atomic mass is 10.0. The molecular formula is C22H20ClNOS. The van der Waals surface area contributed by atoms with Crippen LogP contribution in [0.5, 0.6) is 0 Å². The minimum Gasteiger partial charge on any atom is -0.326 e. The minimum absolute atomic E-state index is 0.0339.